The number of nitrogens with zero attached hydrogens (tertiary/aromatic N) is 3. The third kappa shape index (κ3) is 6.12. The number of pyridine rings is 1. The van der Waals surface area contributed by atoms with Gasteiger partial charge in [-0.2, -0.15) is 8.42 Å². The zero-order chi connectivity index (χ0) is 20.7. The molecule has 1 aliphatic rings. The number of amides is 1. The summed E-state index contributed by atoms with van der Waals surface area (Å²) in [6.45, 7) is 0.807. The number of sulfonamides is 1. The highest BCUT2D eigenvalue weighted by Gasteiger charge is 2.19. The number of carbonyl (C=O) groups excluding carboxylic acids is 1. The van der Waals surface area contributed by atoms with Gasteiger partial charge in [-0.3, -0.25) is 9.78 Å². The Bertz CT molecular complexity index is 974. The van der Waals surface area contributed by atoms with Crippen LogP contribution in [-0.2, 0) is 21.2 Å². The Morgan fingerprint density at radius 2 is 2.07 bits per heavy atom. The maximum Gasteiger partial charge on any atom is 0.284 e. The maximum absolute atomic E-state index is 12.8. The first kappa shape index (κ1) is 21.0. The van der Waals surface area contributed by atoms with E-state index < -0.39 is 10.0 Å². The molecule has 0 saturated carbocycles. The van der Waals surface area contributed by atoms with E-state index in [2.05, 4.69) is 14.7 Å². The zero-order valence-electron chi connectivity index (χ0n) is 16.5. The molecule has 2 aromatic rings. The number of amidine groups is 1. The number of hydrogen-bond donors (Lipinski definition) is 1. The lowest BCUT2D eigenvalue weighted by Gasteiger charge is -2.17. The van der Waals surface area contributed by atoms with Crippen molar-refractivity contribution < 1.29 is 13.2 Å². The van der Waals surface area contributed by atoms with Crippen LogP contribution in [0, 0.1) is 0 Å². The molecular weight excluding hydrogens is 388 g/mol. The Labute approximate surface area is 171 Å². The van der Waals surface area contributed by atoms with E-state index in [-0.39, 0.29) is 17.2 Å². The fourth-order valence-electron chi connectivity index (χ4n) is 3.20. The molecule has 8 heteroatoms. The summed E-state index contributed by atoms with van der Waals surface area (Å²) in [7, 11) is -1.96. The molecule has 29 heavy (non-hydrogen) atoms. The molecule has 0 unspecified atom stereocenters. The largest absolute Gasteiger partial charge is 0.362 e. The van der Waals surface area contributed by atoms with E-state index in [1.165, 1.54) is 12.1 Å². The van der Waals surface area contributed by atoms with E-state index in [0.717, 1.165) is 31.4 Å². The second-order valence-corrected chi connectivity index (χ2v) is 8.76. The van der Waals surface area contributed by atoms with Crippen LogP contribution in [0.25, 0.3) is 0 Å². The van der Waals surface area contributed by atoms with Crippen molar-refractivity contribution in [2.75, 3.05) is 18.9 Å². The van der Waals surface area contributed by atoms with Gasteiger partial charge >= 0.3 is 0 Å². The molecule has 1 aromatic carbocycles. The summed E-state index contributed by atoms with van der Waals surface area (Å²) >= 11 is 0. The first-order valence-electron chi connectivity index (χ1n) is 9.78. The van der Waals surface area contributed by atoms with E-state index in [0.29, 0.717) is 24.4 Å². The van der Waals surface area contributed by atoms with Crippen molar-refractivity contribution in [3.8, 4) is 0 Å². The number of likely N-dealkylation sites (tertiary alicyclic amines) is 1. The van der Waals surface area contributed by atoms with Gasteiger partial charge in [-0.15, -0.1) is 4.40 Å². The summed E-state index contributed by atoms with van der Waals surface area (Å²) in [6.07, 6.45) is 7.97. The van der Waals surface area contributed by atoms with Gasteiger partial charge in [0.05, 0.1) is 4.90 Å². The Hall–Kier alpha value is -2.74. The zero-order valence-corrected chi connectivity index (χ0v) is 17.4. The first-order chi connectivity index (χ1) is 13.9. The van der Waals surface area contributed by atoms with Crippen molar-refractivity contribution >= 4 is 27.5 Å². The maximum atomic E-state index is 12.8. The van der Waals surface area contributed by atoms with Gasteiger partial charge in [-0.1, -0.05) is 18.6 Å². The molecule has 2 heterocycles. The van der Waals surface area contributed by atoms with E-state index in [1.807, 2.05) is 24.1 Å². The number of nitrogens with one attached hydrogen (secondary N) is 1. The number of aromatic nitrogens is 1. The van der Waals surface area contributed by atoms with Crippen LogP contribution < -0.4 is 5.32 Å². The molecule has 0 aliphatic carbocycles. The van der Waals surface area contributed by atoms with E-state index in [9.17, 15) is 13.2 Å². The van der Waals surface area contributed by atoms with Crippen LogP contribution in [0.2, 0.25) is 0 Å². The van der Waals surface area contributed by atoms with Crippen LogP contribution in [0.1, 0.15) is 37.7 Å². The monoisotopic (exact) mass is 414 g/mol. The van der Waals surface area contributed by atoms with Gasteiger partial charge in [-0.05, 0) is 49.1 Å². The fourth-order valence-corrected chi connectivity index (χ4v) is 4.34. The molecular formula is C21H26N4O3S. The van der Waals surface area contributed by atoms with Crippen molar-refractivity contribution in [3.05, 3.63) is 54.4 Å². The lowest BCUT2D eigenvalue weighted by Crippen LogP contribution is -2.26. The number of carbonyl (C=O) groups is 1. The second kappa shape index (κ2) is 9.65. The lowest BCUT2D eigenvalue weighted by atomic mass is 10.1. The molecule has 0 atom stereocenters. The third-order valence-electron chi connectivity index (χ3n) is 4.84. The van der Waals surface area contributed by atoms with Gasteiger partial charge < -0.3 is 10.2 Å². The lowest BCUT2D eigenvalue weighted by molar-refractivity contribution is -0.116. The van der Waals surface area contributed by atoms with E-state index >= 15 is 0 Å². The molecule has 0 radical (unpaired) electrons. The normalized spacial score (nSPS) is 16.4. The average Bonchev–Trinajstić information content (AvgIpc) is 2.91. The molecule has 1 saturated heterocycles. The molecule has 7 nitrogen and oxygen atoms in total. The quantitative estimate of drug-likeness (QED) is 0.783. The Kier molecular flexibility index (Phi) is 6.98. The Balaban J connectivity index is 1.68. The van der Waals surface area contributed by atoms with Gasteiger partial charge in [0, 0.05) is 44.5 Å². The Morgan fingerprint density at radius 1 is 1.21 bits per heavy atom. The van der Waals surface area contributed by atoms with Crippen molar-refractivity contribution in [2.45, 2.75) is 43.4 Å². The van der Waals surface area contributed by atoms with E-state index in [4.69, 9.17) is 0 Å². The highest BCUT2D eigenvalue weighted by Crippen LogP contribution is 2.20. The smallest absolute Gasteiger partial charge is 0.284 e. The summed E-state index contributed by atoms with van der Waals surface area (Å²) in [5.41, 5.74) is 1.42. The standard InChI is InChI=1S/C21H26N4O3S/c1-25-14-4-2-3-10-20(25)24-29(27,28)19-9-5-8-18(15-19)23-21(26)12-11-17-7-6-13-22-16-17/h5-9,13,15-16H,2-4,10-12,14H2,1H3,(H,23,26)/b24-20+. The molecule has 1 N–H and O–H groups in total. The summed E-state index contributed by atoms with van der Waals surface area (Å²) in [5.74, 6) is 0.409. The highest BCUT2D eigenvalue weighted by atomic mass is 32.2. The van der Waals surface area contributed by atoms with Crippen LogP contribution in [0.5, 0.6) is 0 Å². The fraction of sp³-hybridized carbons (Fsp3) is 0.381. The number of aryl methyl sites for hydroxylation is 1. The summed E-state index contributed by atoms with van der Waals surface area (Å²) in [6, 6.07) is 9.98. The van der Waals surface area contributed by atoms with Gasteiger partial charge in [0.2, 0.25) is 5.91 Å². The molecule has 3 rings (SSSR count). The summed E-state index contributed by atoms with van der Waals surface area (Å²) in [4.78, 5) is 18.2. The topological polar surface area (TPSA) is 91.7 Å². The minimum absolute atomic E-state index is 0.0766. The number of benzene rings is 1. The molecule has 1 aliphatic heterocycles. The molecule has 0 bridgehead atoms. The number of rotatable bonds is 6. The predicted octanol–water partition coefficient (Wildman–Crippen LogP) is 3.25. The van der Waals surface area contributed by atoms with Gasteiger partial charge in [0.25, 0.3) is 10.0 Å². The van der Waals surface area contributed by atoms with Crippen molar-refractivity contribution in [1.29, 1.82) is 0 Å². The third-order valence-corrected chi connectivity index (χ3v) is 6.14. The van der Waals surface area contributed by atoms with Crippen molar-refractivity contribution in [3.63, 3.8) is 0 Å². The first-order valence-corrected chi connectivity index (χ1v) is 11.2. The second-order valence-electron chi connectivity index (χ2n) is 7.15. The SMILES string of the molecule is CN1CCCCC/C1=N\S(=O)(=O)c1cccc(NC(=O)CCc2cccnc2)c1. The molecule has 0 spiro atoms. The molecule has 1 fully saturated rings. The number of anilines is 1. The molecule has 1 amide bonds. The minimum Gasteiger partial charge on any atom is -0.362 e. The molecule has 154 valence electrons. The summed E-state index contributed by atoms with van der Waals surface area (Å²) < 4.78 is 29.6. The van der Waals surface area contributed by atoms with E-state index in [1.54, 1.807) is 24.5 Å². The highest BCUT2D eigenvalue weighted by molar-refractivity contribution is 7.90. The van der Waals surface area contributed by atoms with Gasteiger partial charge in [-0.25, -0.2) is 0 Å². The summed E-state index contributed by atoms with van der Waals surface area (Å²) in [5, 5.41) is 2.76. The van der Waals surface area contributed by atoms with Crippen LogP contribution >= 0.6 is 0 Å². The van der Waals surface area contributed by atoms with Crippen LogP contribution in [0.15, 0.2) is 58.1 Å². The van der Waals surface area contributed by atoms with Crippen LogP contribution in [0.3, 0.4) is 0 Å². The van der Waals surface area contributed by atoms with Crippen LogP contribution in [0.4, 0.5) is 5.69 Å². The van der Waals surface area contributed by atoms with Crippen molar-refractivity contribution in [1.82, 2.24) is 9.88 Å². The number of hydrogen-bond acceptors (Lipinski definition) is 4. The minimum atomic E-state index is -3.84. The van der Waals surface area contributed by atoms with Gasteiger partial charge in [0.1, 0.15) is 5.84 Å². The molecule has 1 aromatic heterocycles. The average molecular weight is 415 g/mol. The van der Waals surface area contributed by atoms with Gasteiger partial charge in [0.15, 0.2) is 0 Å². The predicted molar refractivity (Wildman–Crippen MR) is 113 cm³/mol. The Morgan fingerprint density at radius 3 is 2.86 bits per heavy atom. The van der Waals surface area contributed by atoms with Crippen molar-refractivity contribution in [2.24, 2.45) is 4.40 Å². The van der Waals surface area contributed by atoms with Crippen LogP contribution in [-0.4, -0.2) is 43.6 Å².